The van der Waals surface area contributed by atoms with Crippen molar-refractivity contribution in [3.05, 3.63) is 64.0 Å². The van der Waals surface area contributed by atoms with Crippen molar-refractivity contribution >= 4 is 23.6 Å². The number of carbonyl (C=O) groups is 1. The van der Waals surface area contributed by atoms with Crippen molar-refractivity contribution in [1.29, 1.82) is 0 Å². The number of ether oxygens (including phenoxy) is 2. The molecule has 2 heterocycles. The molecule has 0 aromatic heterocycles. The molecule has 5 nitrogen and oxygen atoms in total. The Balaban J connectivity index is 1.82. The van der Waals surface area contributed by atoms with Gasteiger partial charge in [0.1, 0.15) is 5.75 Å². The molecule has 3 aromatic rings. The molecule has 0 unspecified atom stereocenters. The lowest BCUT2D eigenvalue weighted by Gasteiger charge is -2.34. The Morgan fingerprint density at radius 1 is 1.14 bits per heavy atom. The Kier molecular flexibility index (Phi) is 6.13. The number of halogens is 1. The van der Waals surface area contributed by atoms with Gasteiger partial charge in [-0.05, 0) is 89.9 Å². The lowest BCUT2D eigenvalue weighted by Crippen LogP contribution is -2.21. The maximum atomic E-state index is 15.2. The first kappa shape index (κ1) is 23.5. The van der Waals surface area contributed by atoms with Gasteiger partial charge in [-0.1, -0.05) is 18.0 Å². The average Bonchev–Trinajstić information content (AvgIpc) is 2.86. The molecular formula is C28H28FNO4S. The molecule has 0 amide bonds. The monoisotopic (exact) mass is 493 g/mol. The fourth-order valence-corrected chi connectivity index (χ4v) is 6.10. The minimum absolute atomic E-state index is 0.138. The van der Waals surface area contributed by atoms with E-state index in [1.54, 1.807) is 19.1 Å². The van der Waals surface area contributed by atoms with Crippen molar-refractivity contribution in [3.8, 4) is 33.8 Å². The summed E-state index contributed by atoms with van der Waals surface area (Å²) in [6.07, 6.45) is 3.45. The Hall–Kier alpha value is -3.19. The molecular weight excluding hydrogens is 465 g/mol. The van der Waals surface area contributed by atoms with Crippen molar-refractivity contribution in [2.24, 2.45) is 0 Å². The van der Waals surface area contributed by atoms with E-state index in [-0.39, 0.29) is 6.42 Å². The number of nitrogens with zero attached hydrogens (tertiary/aromatic N) is 1. The number of anilines is 1. The van der Waals surface area contributed by atoms with Gasteiger partial charge < -0.3 is 18.9 Å². The van der Waals surface area contributed by atoms with Gasteiger partial charge in [0.15, 0.2) is 11.6 Å². The SMILES string of the molecule is COc1ccc2c(c1)CN(SC)c1c-2cc(-c2cc(F)c3c(c2C)CCCO3)c(CC(=O)O)c1C. The Morgan fingerprint density at radius 2 is 1.94 bits per heavy atom. The Bertz CT molecular complexity index is 1350. The fourth-order valence-electron chi connectivity index (χ4n) is 5.41. The number of aliphatic carboxylic acids is 1. The molecule has 1 N–H and O–H groups in total. The number of hydrogen-bond donors (Lipinski definition) is 1. The smallest absolute Gasteiger partial charge is 0.307 e. The van der Waals surface area contributed by atoms with Crippen LogP contribution in [0.15, 0.2) is 30.3 Å². The number of rotatable bonds is 5. The summed E-state index contributed by atoms with van der Waals surface area (Å²) in [5.41, 5.74) is 9.16. The number of carboxylic acid groups (broad SMARTS) is 1. The van der Waals surface area contributed by atoms with Crippen molar-refractivity contribution in [3.63, 3.8) is 0 Å². The second kappa shape index (κ2) is 9.11. The highest BCUT2D eigenvalue weighted by atomic mass is 32.2. The summed E-state index contributed by atoms with van der Waals surface area (Å²) in [5.74, 6) is -0.184. The van der Waals surface area contributed by atoms with Gasteiger partial charge in [-0.15, -0.1) is 0 Å². The minimum atomic E-state index is -0.912. The second-order valence-electron chi connectivity index (χ2n) is 9.03. The molecule has 0 spiro atoms. The summed E-state index contributed by atoms with van der Waals surface area (Å²) in [6, 6.07) is 9.60. The van der Waals surface area contributed by atoms with Gasteiger partial charge in [-0.25, -0.2) is 4.39 Å². The highest BCUT2D eigenvalue weighted by molar-refractivity contribution is 7.99. The predicted octanol–water partition coefficient (Wildman–Crippen LogP) is 6.34. The molecule has 7 heteroatoms. The minimum Gasteiger partial charge on any atom is -0.497 e. The van der Waals surface area contributed by atoms with E-state index in [4.69, 9.17) is 9.47 Å². The molecule has 0 atom stereocenters. The van der Waals surface area contributed by atoms with Crippen LogP contribution in [0.2, 0.25) is 0 Å². The summed E-state index contributed by atoms with van der Waals surface area (Å²) in [7, 11) is 1.66. The largest absolute Gasteiger partial charge is 0.497 e. The second-order valence-corrected chi connectivity index (χ2v) is 9.83. The summed E-state index contributed by atoms with van der Waals surface area (Å²) < 4.78 is 28.5. The van der Waals surface area contributed by atoms with Gasteiger partial charge in [-0.3, -0.25) is 4.79 Å². The first-order valence-electron chi connectivity index (χ1n) is 11.7. The van der Waals surface area contributed by atoms with Crippen LogP contribution in [0.4, 0.5) is 10.1 Å². The van der Waals surface area contributed by atoms with Crippen LogP contribution in [0.1, 0.15) is 34.2 Å². The topological polar surface area (TPSA) is 59.0 Å². The van der Waals surface area contributed by atoms with Crippen molar-refractivity contribution in [2.75, 3.05) is 24.3 Å². The molecule has 182 valence electrons. The first-order chi connectivity index (χ1) is 16.8. The average molecular weight is 494 g/mol. The van der Waals surface area contributed by atoms with Gasteiger partial charge in [0.25, 0.3) is 0 Å². The van der Waals surface area contributed by atoms with Gasteiger partial charge in [0.05, 0.1) is 32.4 Å². The lowest BCUT2D eigenvalue weighted by molar-refractivity contribution is -0.136. The molecule has 0 fully saturated rings. The van der Waals surface area contributed by atoms with E-state index in [1.165, 1.54) is 6.07 Å². The van der Waals surface area contributed by atoms with Crippen LogP contribution in [-0.2, 0) is 24.2 Å². The van der Waals surface area contributed by atoms with Crippen LogP contribution >= 0.6 is 11.9 Å². The maximum Gasteiger partial charge on any atom is 0.307 e. The molecule has 5 rings (SSSR count). The number of hydrogen-bond acceptors (Lipinski definition) is 5. The van der Waals surface area contributed by atoms with Crippen LogP contribution in [0, 0.1) is 19.7 Å². The quantitative estimate of drug-likeness (QED) is 0.419. The zero-order valence-electron chi connectivity index (χ0n) is 20.3. The third-order valence-electron chi connectivity index (χ3n) is 7.12. The van der Waals surface area contributed by atoms with E-state index in [9.17, 15) is 9.90 Å². The number of methoxy groups -OCH3 is 1. The van der Waals surface area contributed by atoms with E-state index in [2.05, 4.69) is 10.4 Å². The highest BCUT2D eigenvalue weighted by Gasteiger charge is 2.30. The summed E-state index contributed by atoms with van der Waals surface area (Å²) in [5, 5.41) is 9.79. The molecule has 0 aliphatic carbocycles. The standard InChI is InChI=1S/C28H28FNO4S/c1-15-19-6-5-9-34-28(19)25(29)12-21(15)23-11-24-20-8-7-18(33-3)10-17(20)14-30(35-4)27(24)16(2)22(23)13-26(31)32/h7-8,10-12H,5-6,9,13-14H2,1-4H3,(H,31,32). The Morgan fingerprint density at radius 3 is 2.66 bits per heavy atom. The molecule has 2 aliphatic heterocycles. The number of benzene rings is 3. The van der Waals surface area contributed by atoms with E-state index >= 15 is 4.39 Å². The fraction of sp³-hybridized carbons (Fsp3) is 0.321. The molecule has 35 heavy (non-hydrogen) atoms. The third-order valence-corrected chi connectivity index (χ3v) is 7.87. The molecule has 0 bridgehead atoms. The number of carboxylic acids is 1. The molecule has 0 saturated carbocycles. The summed E-state index contributed by atoms with van der Waals surface area (Å²) in [6.45, 7) is 5.15. The number of fused-ring (bicyclic) bond motifs is 4. The normalized spacial score (nSPS) is 14.0. The van der Waals surface area contributed by atoms with Crippen LogP contribution in [0.25, 0.3) is 22.3 Å². The van der Waals surface area contributed by atoms with Gasteiger partial charge in [0.2, 0.25) is 0 Å². The lowest BCUT2D eigenvalue weighted by atomic mass is 9.82. The van der Waals surface area contributed by atoms with Gasteiger partial charge in [0, 0.05) is 17.4 Å². The van der Waals surface area contributed by atoms with E-state index in [1.807, 2.05) is 38.3 Å². The van der Waals surface area contributed by atoms with Crippen LogP contribution in [-0.4, -0.2) is 31.0 Å². The zero-order chi connectivity index (χ0) is 24.9. The molecule has 3 aromatic carbocycles. The summed E-state index contributed by atoms with van der Waals surface area (Å²) >= 11 is 1.60. The maximum absolute atomic E-state index is 15.2. The van der Waals surface area contributed by atoms with Crippen molar-refractivity contribution in [1.82, 2.24) is 0 Å². The highest BCUT2D eigenvalue weighted by Crippen LogP contribution is 2.49. The van der Waals surface area contributed by atoms with Crippen LogP contribution < -0.4 is 13.8 Å². The first-order valence-corrected chi connectivity index (χ1v) is 12.8. The molecule has 2 aliphatic rings. The van der Waals surface area contributed by atoms with Crippen LogP contribution in [0.3, 0.4) is 0 Å². The van der Waals surface area contributed by atoms with Crippen molar-refractivity contribution < 1.29 is 23.8 Å². The third kappa shape index (κ3) is 3.92. The molecule has 0 radical (unpaired) electrons. The predicted molar refractivity (Wildman–Crippen MR) is 138 cm³/mol. The van der Waals surface area contributed by atoms with Gasteiger partial charge in [-0.2, -0.15) is 0 Å². The summed E-state index contributed by atoms with van der Waals surface area (Å²) in [4.78, 5) is 12.0. The molecule has 0 saturated heterocycles. The zero-order valence-corrected chi connectivity index (χ0v) is 21.1. The van der Waals surface area contributed by atoms with E-state index in [0.717, 1.165) is 68.8 Å². The van der Waals surface area contributed by atoms with Gasteiger partial charge >= 0.3 is 5.97 Å². The van der Waals surface area contributed by atoms with Crippen LogP contribution in [0.5, 0.6) is 11.5 Å². The van der Waals surface area contributed by atoms with Crippen molar-refractivity contribution in [2.45, 2.75) is 39.7 Å². The van der Waals surface area contributed by atoms with E-state index < -0.39 is 11.8 Å². The Labute approximate surface area is 209 Å². The van der Waals surface area contributed by atoms with E-state index in [0.29, 0.717) is 24.5 Å².